The van der Waals surface area contributed by atoms with Crippen molar-refractivity contribution in [3.63, 3.8) is 0 Å². The summed E-state index contributed by atoms with van der Waals surface area (Å²) in [5, 5.41) is 12.4. The van der Waals surface area contributed by atoms with Crippen LogP contribution in [0.15, 0.2) is 48.7 Å². The maximum Gasteiger partial charge on any atom is 0.308 e. The maximum atomic E-state index is 12.4. The quantitative estimate of drug-likeness (QED) is 0.650. The van der Waals surface area contributed by atoms with Crippen molar-refractivity contribution in [2.45, 2.75) is 13.0 Å². The Morgan fingerprint density at radius 3 is 2.57 bits per heavy atom. The highest BCUT2D eigenvalue weighted by Crippen LogP contribution is 2.18. The highest BCUT2D eigenvalue weighted by molar-refractivity contribution is 5.93. The number of aromatic nitrogens is 1. The number of nitrogens with one attached hydrogen (secondary N) is 1. The van der Waals surface area contributed by atoms with Gasteiger partial charge in [0.25, 0.3) is 0 Å². The number of methoxy groups -OCH3 is 1. The number of benzene rings is 1. The summed E-state index contributed by atoms with van der Waals surface area (Å²) in [5.74, 6) is -1.39. The number of hydrogen-bond acceptors (Lipinski definition) is 6. The fraction of sp³-hybridized carbons (Fsp3) is 0.409. The third-order valence-corrected chi connectivity index (χ3v) is 5.19. The third kappa shape index (κ3) is 6.53. The predicted octanol–water partition coefficient (Wildman–Crippen LogP) is 1.94. The van der Waals surface area contributed by atoms with E-state index in [1.54, 1.807) is 37.6 Å². The zero-order valence-corrected chi connectivity index (χ0v) is 17.2. The minimum Gasteiger partial charge on any atom is -0.497 e. The number of piperazine rings is 1. The zero-order valence-electron chi connectivity index (χ0n) is 17.2. The first kappa shape index (κ1) is 21.7. The molecule has 2 N–H and O–H groups in total. The molecule has 8 heteroatoms. The summed E-state index contributed by atoms with van der Waals surface area (Å²) in [6.45, 7) is 4.39. The van der Waals surface area contributed by atoms with E-state index in [9.17, 15) is 14.7 Å². The molecular formula is C22H28N4O4. The second-order valence-corrected chi connectivity index (χ2v) is 7.42. The van der Waals surface area contributed by atoms with Crippen LogP contribution in [-0.4, -0.2) is 71.6 Å². The number of amides is 1. The van der Waals surface area contributed by atoms with Crippen LogP contribution in [0.1, 0.15) is 12.1 Å². The fourth-order valence-electron chi connectivity index (χ4n) is 3.53. The molecule has 1 atom stereocenters. The zero-order chi connectivity index (χ0) is 21.3. The molecule has 1 aromatic carbocycles. The second-order valence-electron chi connectivity index (χ2n) is 7.42. The number of carbonyl (C=O) groups is 2. The summed E-state index contributed by atoms with van der Waals surface area (Å²) in [6, 6.07) is 12.9. The molecule has 160 valence electrons. The van der Waals surface area contributed by atoms with Crippen molar-refractivity contribution in [3.8, 4) is 5.75 Å². The number of anilines is 1. The normalized spacial score (nSPS) is 16.0. The van der Waals surface area contributed by atoms with E-state index < -0.39 is 11.9 Å². The van der Waals surface area contributed by atoms with Gasteiger partial charge in [-0.3, -0.25) is 24.4 Å². The Hall–Kier alpha value is -2.97. The van der Waals surface area contributed by atoms with Gasteiger partial charge in [-0.2, -0.15) is 0 Å². The summed E-state index contributed by atoms with van der Waals surface area (Å²) in [4.78, 5) is 32.9. The van der Waals surface area contributed by atoms with Crippen LogP contribution in [-0.2, 0) is 16.1 Å². The van der Waals surface area contributed by atoms with Crippen molar-refractivity contribution >= 4 is 17.6 Å². The van der Waals surface area contributed by atoms with Gasteiger partial charge in [-0.15, -0.1) is 0 Å². The predicted molar refractivity (Wildman–Crippen MR) is 113 cm³/mol. The molecule has 0 spiro atoms. The number of aliphatic carboxylic acids is 1. The average Bonchev–Trinajstić information content (AvgIpc) is 2.75. The molecule has 1 aliphatic heterocycles. The Morgan fingerprint density at radius 1 is 1.13 bits per heavy atom. The molecular weight excluding hydrogens is 384 g/mol. The monoisotopic (exact) mass is 412 g/mol. The number of ether oxygens (including phenoxy) is 1. The van der Waals surface area contributed by atoms with E-state index >= 15 is 0 Å². The van der Waals surface area contributed by atoms with Crippen molar-refractivity contribution in [2.75, 3.05) is 45.2 Å². The molecule has 8 nitrogen and oxygen atoms in total. The van der Waals surface area contributed by atoms with Gasteiger partial charge in [-0.25, -0.2) is 0 Å². The van der Waals surface area contributed by atoms with Crippen LogP contribution in [0.3, 0.4) is 0 Å². The van der Waals surface area contributed by atoms with Crippen molar-refractivity contribution in [1.29, 1.82) is 0 Å². The van der Waals surface area contributed by atoms with Gasteiger partial charge < -0.3 is 15.2 Å². The van der Waals surface area contributed by atoms with E-state index in [0.717, 1.165) is 38.4 Å². The highest BCUT2D eigenvalue weighted by Gasteiger charge is 2.26. The molecule has 1 aromatic heterocycles. The Morgan fingerprint density at radius 2 is 1.90 bits per heavy atom. The van der Waals surface area contributed by atoms with Gasteiger partial charge in [-0.05, 0) is 24.3 Å². The van der Waals surface area contributed by atoms with Gasteiger partial charge in [-0.1, -0.05) is 12.1 Å². The van der Waals surface area contributed by atoms with E-state index in [2.05, 4.69) is 20.1 Å². The molecule has 0 radical (unpaired) electrons. The molecule has 1 saturated heterocycles. The molecule has 30 heavy (non-hydrogen) atoms. The van der Waals surface area contributed by atoms with E-state index in [0.29, 0.717) is 18.0 Å². The lowest BCUT2D eigenvalue weighted by Crippen LogP contribution is -2.48. The third-order valence-electron chi connectivity index (χ3n) is 5.19. The van der Waals surface area contributed by atoms with Gasteiger partial charge in [0.05, 0.1) is 18.7 Å². The molecule has 1 fully saturated rings. The Kier molecular flexibility index (Phi) is 7.75. The number of carbonyl (C=O) groups excluding carboxylic acids is 1. The summed E-state index contributed by atoms with van der Waals surface area (Å²) < 4.78 is 5.14. The van der Waals surface area contributed by atoms with Crippen LogP contribution in [0.4, 0.5) is 5.69 Å². The van der Waals surface area contributed by atoms with Crippen LogP contribution in [0.25, 0.3) is 0 Å². The highest BCUT2D eigenvalue weighted by atomic mass is 16.5. The summed E-state index contributed by atoms with van der Waals surface area (Å²) in [7, 11) is 1.55. The van der Waals surface area contributed by atoms with E-state index in [-0.39, 0.29) is 12.3 Å². The number of nitrogens with zero attached hydrogens (tertiary/aromatic N) is 3. The lowest BCUT2D eigenvalue weighted by atomic mass is 10.0. The lowest BCUT2D eigenvalue weighted by molar-refractivity contribution is -0.144. The summed E-state index contributed by atoms with van der Waals surface area (Å²) in [5.41, 5.74) is 1.62. The van der Waals surface area contributed by atoms with Crippen LogP contribution in [0, 0.1) is 5.92 Å². The standard InChI is InChI=1S/C22H28N4O4/c1-30-20-7-4-6-18(14-20)24-21(27)13-17(22(28)29)15-25-9-11-26(12-10-25)16-19-5-2-3-8-23-19/h2-8,14,17H,9-13,15-16H2,1H3,(H,24,27)(H,28,29)/t17-/m0/s1. The van der Waals surface area contributed by atoms with Crippen molar-refractivity contribution < 1.29 is 19.4 Å². The minimum atomic E-state index is -0.952. The summed E-state index contributed by atoms with van der Waals surface area (Å²) >= 11 is 0. The van der Waals surface area contributed by atoms with Gasteiger partial charge >= 0.3 is 5.97 Å². The minimum absolute atomic E-state index is 0.0688. The molecule has 0 bridgehead atoms. The van der Waals surface area contributed by atoms with Gasteiger partial charge in [0.15, 0.2) is 0 Å². The van der Waals surface area contributed by atoms with E-state index in [1.165, 1.54) is 0 Å². The Balaban J connectivity index is 1.47. The molecule has 2 aromatic rings. The summed E-state index contributed by atoms with van der Waals surface area (Å²) in [6.07, 6.45) is 1.72. The maximum absolute atomic E-state index is 12.4. The van der Waals surface area contributed by atoms with Crippen molar-refractivity contribution in [1.82, 2.24) is 14.8 Å². The first-order valence-corrected chi connectivity index (χ1v) is 10.0. The van der Waals surface area contributed by atoms with Gasteiger partial charge in [0, 0.05) is 63.6 Å². The second kappa shape index (κ2) is 10.7. The van der Waals surface area contributed by atoms with Crippen LogP contribution in [0.2, 0.25) is 0 Å². The first-order chi connectivity index (χ1) is 14.5. The average molecular weight is 412 g/mol. The topological polar surface area (TPSA) is 95.0 Å². The Labute approximate surface area is 176 Å². The molecule has 1 aliphatic rings. The smallest absolute Gasteiger partial charge is 0.308 e. The first-order valence-electron chi connectivity index (χ1n) is 10.0. The SMILES string of the molecule is COc1cccc(NC(=O)C[C@@H](CN2CCN(Cc3ccccn3)CC2)C(=O)O)c1. The van der Waals surface area contributed by atoms with Gasteiger partial charge in [0.2, 0.25) is 5.91 Å². The number of rotatable bonds is 9. The van der Waals surface area contributed by atoms with Crippen molar-refractivity contribution in [2.24, 2.45) is 5.92 Å². The number of pyridine rings is 1. The van der Waals surface area contributed by atoms with Crippen molar-refractivity contribution in [3.05, 3.63) is 54.4 Å². The number of carboxylic acid groups (broad SMARTS) is 1. The van der Waals surface area contributed by atoms with Crippen LogP contribution < -0.4 is 10.1 Å². The molecule has 0 saturated carbocycles. The van der Waals surface area contributed by atoms with E-state index in [4.69, 9.17) is 4.74 Å². The Bertz CT molecular complexity index is 838. The molecule has 3 rings (SSSR count). The van der Waals surface area contributed by atoms with Crippen LogP contribution >= 0.6 is 0 Å². The molecule has 2 heterocycles. The number of hydrogen-bond donors (Lipinski definition) is 2. The molecule has 0 unspecified atom stereocenters. The lowest BCUT2D eigenvalue weighted by Gasteiger charge is -2.35. The number of carboxylic acids is 1. The largest absolute Gasteiger partial charge is 0.497 e. The van der Waals surface area contributed by atoms with E-state index in [1.807, 2.05) is 18.2 Å². The molecule has 1 amide bonds. The van der Waals surface area contributed by atoms with Gasteiger partial charge in [0.1, 0.15) is 5.75 Å². The van der Waals surface area contributed by atoms with Crippen LogP contribution in [0.5, 0.6) is 5.75 Å². The fourth-order valence-corrected chi connectivity index (χ4v) is 3.53. The molecule has 0 aliphatic carbocycles.